The highest BCUT2D eigenvalue weighted by atomic mass is 32.1. The Morgan fingerprint density at radius 3 is 2.81 bits per heavy atom. The predicted octanol–water partition coefficient (Wildman–Crippen LogP) is 4.48. The molecule has 1 heterocycles. The maximum Gasteiger partial charge on any atom is 0.407 e. The maximum absolute atomic E-state index is 12.0. The highest BCUT2D eigenvalue weighted by Crippen LogP contribution is 2.45. The molecule has 1 aromatic carbocycles. The van der Waals surface area contributed by atoms with Crippen molar-refractivity contribution in [2.24, 2.45) is 5.41 Å². The number of amides is 1. The average molecular weight is 373 g/mol. The lowest BCUT2D eigenvalue weighted by Gasteiger charge is -2.29. The van der Waals surface area contributed by atoms with Crippen LogP contribution in [0, 0.1) is 5.41 Å². The lowest BCUT2D eigenvalue weighted by atomic mass is 9.76. The van der Waals surface area contributed by atoms with Crippen molar-refractivity contribution >= 4 is 23.4 Å². The number of carbonyl (C=O) groups is 2. The minimum Gasteiger partial charge on any atom is -0.478 e. The quantitative estimate of drug-likeness (QED) is 0.828. The van der Waals surface area contributed by atoms with Crippen LogP contribution in [0.4, 0.5) is 4.79 Å². The second kappa shape index (κ2) is 7.11. The highest BCUT2D eigenvalue weighted by Gasteiger charge is 2.32. The number of ether oxygens (including phenoxy) is 1. The molecule has 3 rings (SSSR count). The molecule has 1 amide bonds. The lowest BCUT2D eigenvalue weighted by molar-refractivity contribution is 0.0696. The number of carbonyl (C=O) groups excluding carboxylic acids is 1. The van der Waals surface area contributed by atoms with E-state index in [0.29, 0.717) is 12.1 Å². The van der Waals surface area contributed by atoms with Crippen LogP contribution in [0.5, 0.6) is 0 Å². The van der Waals surface area contributed by atoms with Gasteiger partial charge in [-0.1, -0.05) is 32.0 Å². The van der Waals surface area contributed by atoms with E-state index in [1.165, 1.54) is 12.0 Å². The maximum atomic E-state index is 12.0. The van der Waals surface area contributed by atoms with Gasteiger partial charge in [-0.05, 0) is 47.4 Å². The molecule has 1 aliphatic rings. The Labute approximate surface area is 157 Å². The monoisotopic (exact) mass is 373 g/mol. The number of benzene rings is 1. The third-order valence-corrected chi connectivity index (χ3v) is 6.14. The summed E-state index contributed by atoms with van der Waals surface area (Å²) in [5.74, 6) is -0.867. The zero-order valence-corrected chi connectivity index (χ0v) is 16.0. The predicted molar refractivity (Wildman–Crippen MR) is 102 cm³/mol. The van der Waals surface area contributed by atoms with Crippen LogP contribution in [0.1, 0.15) is 46.6 Å². The van der Waals surface area contributed by atoms with Crippen molar-refractivity contribution in [1.82, 2.24) is 5.32 Å². The summed E-state index contributed by atoms with van der Waals surface area (Å²) < 4.78 is 4.59. The fraction of sp³-hybridized carbons (Fsp3) is 0.400. The van der Waals surface area contributed by atoms with Crippen LogP contribution in [0.15, 0.2) is 24.3 Å². The summed E-state index contributed by atoms with van der Waals surface area (Å²) in [5.41, 5.74) is 3.34. The molecule has 0 spiro atoms. The molecule has 5 nitrogen and oxygen atoms in total. The second-order valence-electron chi connectivity index (χ2n) is 7.40. The number of carboxylic acids is 1. The first-order chi connectivity index (χ1) is 12.3. The van der Waals surface area contributed by atoms with Crippen LogP contribution in [0.3, 0.4) is 0 Å². The molecule has 2 N–H and O–H groups in total. The molecule has 0 saturated heterocycles. The van der Waals surface area contributed by atoms with Crippen LogP contribution >= 0.6 is 11.3 Å². The SMILES string of the molecule is COC(=O)NCc1cccc(-c2sc3c(c2C(=O)O)CC(C)(C)CC3)c1. The molecular weight excluding hydrogens is 350 g/mol. The first-order valence-electron chi connectivity index (χ1n) is 8.60. The fourth-order valence-corrected chi connectivity index (χ4v) is 4.72. The van der Waals surface area contributed by atoms with Gasteiger partial charge in [-0.2, -0.15) is 0 Å². The van der Waals surface area contributed by atoms with E-state index in [9.17, 15) is 14.7 Å². The van der Waals surface area contributed by atoms with Crippen molar-refractivity contribution in [3.63, 3.8) is 0 Å². The van der Waals surface area contributed by atoms with Gasteiger partial charge in [0.1, 0.15) is 0 Å². The number of hydrogen-bond acceptors (Lipinski definition) is 4. The molecule has 26 heavy (non-hydrogen) atoms. The molecule has 2 aromatic rings. The number of aromatic carboxylic acids is 1. The zero-order chi connectivity index (χ0) is 18.9. The van der Waals surface area contributed by atoms with Crippen LogP contribution < -0.4 is 5.32 Å². The van der Waals surface area contributed by atoms with Crippen LogP contribution in [0.25, 0.3) is 10.4 Å². The van der Waals surface area contributed by atoms with Crippen LogP contribution in [0.2, 0.25) is 0 Å². The number of methoxy groups -OCH3 is 1. The summed E-state index contributed by atoms with van der Waals surface area (Å²) in [6.07, 6.45) is 2.30. The van der Waals surface area contributed by atoms with Gasteiger partial charge in [0, 0.05) is 16.3 Å². The Hall–Kier alpha value is -2.34. The first kappa shape index (κ1) is 18.5. The summed E-state index contributed by atoms with van der Waals surface area (Å²) >= 11 is 1.59. The molecule has 0 aliphatic heterocycles. The second-order valence-corrected chi connectivity index (χ2v) is 8.50. The van der Waals surface area contributed by atoms with Gasteiger partial charge in [0.05, 0.1) is 12.7 Å². The Morgan fingerprint density at radius 2 is 2.12 bits per heavy atom. The molecule has 1 aliphatic carbocycles. The molecule has 0 fully saturated rings. The van der Waals surface area contributed by atoms with Gasteiger partial charge in [0.2, 0.25) is 0 Å². The molecule has 6 heteroatoms. The minimum atomic E-state index is -0.867. The van der Waals surface area contributed by atoms with Crippen molar-refractivity contribution in [2.45, 2.75) is 39.7 Å². The Kier molecular flexibility index (Phi) is 5.05. The third kappa shape index (κ3) is 3.75. The van der Waals surface area contributed by atoms with E-state index >= 15 is 0 Å². The highest BCUT2D eigenvalue weighted by molar-refractivity contribution is 7.16. The smallest absolute Gasteiger partial charge is 0.407 e. The number of nitrogens with one attached hydrogen (secondary N) is 1. The van der Waals surface area contributed by atoms with Crippen molar-refractivity contribution in [3.05, 3.63) is 45.8 Å². The largest absolute Gasteiger partial charge is 0.478 e. The summed E-state index contributed by atoms with van der Waals surface area (Å²) in [6.45, 7) is 4.72. The van der Waals surface area contributed by atoms with E-state index in [1.54, 1.807) is 11.3 Å². The zero-order valence-electron chi connectivity index (χ0n) is 15.2. The number of rotatable bonds is 4. The van der Waals surface area contributed by atoms with Crippen molar-refractivity contribution in [1.29, 1.82) is 0 Å². The molecule has 0 unspecified atom stereocenters. The molecule has 0 radical (unpaired) electrons. The lowest BCUT2D eigenvalue weighted by Crippen LogP contribution is -2.22. The number of thiophene rings is 1. The molecule has 0 bridgehead atoms. The van der Waals surface area contributed by atoms with Gasteiger partial charge in [0.25, 0.3) is 0 Å². The van der Waals surface area contributed by atoms with Gasteiger partial charge in [-0.15, -0.1) is 11.3 Å². The molecule has 0 saturated carbocycles. The van der Waals surface area contributed by atoms with E-state index < -0.39 is 12.1 Å². The first-order valence-corrected chi connectivity index (χ1v) is 9.41. The summed E-state index contributed by atoms with van der Waals surface area (Å²) in [4.78, 5) is 25.3. The normalized spacial score (nSPS) is 15.2. The van der Waals surface area contributed by atoms with Gasteiger partial charge >= 0.3 is 12.1 Å². The molecule has 138 valence electrons. The van der Waals surface area contributed by atoms with Gasteiger partial charge in [0.15, 0.2) is 0 Å². The number of aryl methyl sites for hydroxylation is 1. The van der Waals surface area contributed by atoms with E-state index in [-0.39, 0.29) is 5.41 Å². The van der Waals surface area contributed by atoms with E-state index in [1.807, 2.05) is 24.3 Å². The van der Waals surface area contributed by atoms with E-state index in [2.05, 4.69) is 23.9 Å². The number of fused-ring (bicyclic) bond motifs is 1. The molecule has 0 atom stereocenters. The van der Waals surface area contributed by atoms with Crippen LogP contribution in [-0.4, -0.2) is 24.3 Å². The summed E-state index contributed by atoms with van der Waals surface area (Å²) in [7, 11) is 1.32. The molecular formula is C20H23NO4S. The van der Waals surface area contributed by atoms with Crippen molar-refractivity contribution in [2.75, 3.05) is 7.11 Å². The van der Waals surface area contributed by atoms with Crippen molar-refractivity contribution in [3.8, 4) is 10.4 Å². The summed E-state index contributed by atoms with van der Waals surface area (Å²) in [6, 6.07) is 7.65. The van der Waals surface area contributed by atoms with Crippen molar-refractivity contribution < 1.29 is 19.4 Å². The molecule has 1 aromatic heterocycles. The van der Waals surface area contributed by atoms with E-state index in [4.69, 9.17) is 0 Å². The Morgan fingerprint density at radius 1 is 1.35 bits per heavy atom. The fourth-order valence-electron chi connectivity index (χ4n) is 3.42. The topological polar surface area (TPSA) is 75.6 Å². The van der Waals surface area contributed by atoms with Gasteiger partial charge in [-0.25, -0.2) is 9.59 Å². The van der Waals surface area contributed by atoms with Gasteiger partial charge < -0.3 is 15.2 Å². The van der Waals surface area contributed by atoms with E-state index in [0.717, 1.165) is 40.8 Å². The van der Waals surface area contributed by atoms with Crippen LogP contribution in [-0.2, 0) is 24.1 Å². The standard InChI is InChI=1S/C20H23NO4S/c1-20(2)8-7-15-14(10-20)16(18(22)23)17(26-15)13-6-4-5-12(9-13)11-21-19(24)25-3/h4-6,9H,7-8,10-11H2,1-3H3,(H,21,24)(H,22,23). The number of hydrogen-bond donors (Lipinski definition) is 2. The minimum absolute atomic E-state index is 0.127. The Balaban J connectivity index is 1.98. The number of carboxylic acid groups (broad SMARTS) is 1. The van der Waals surface area contributed by atoms with Gasteiger partial charge in [-0.3, -0.25) is 0 Å². The Bertz CT molecular complexity index is 853. The third-order valence-electron chi connectivity index (χ3n) is 4.80. The number of alkyl carbamates (subject to hydrolysis) is 1. The average Bonchev–Trinajstić information content (AvgIpc) is 2.97. The summed E-state index contributed by atoms with van der Waals surface area (Å²) in [5, 5.41) is 12.5.